The third kappa shape index (κ3) is 5.21. The molecule has 5 heteroatoms. The first-order valence-corrected chi connectivity index (χ1v) is 6.19. The summed E-state index contributed by atoms with van der Waals surface area (Å²) in [5.74, 6) is -0.724. The van der Waals surface area contributed by atoms with Gasteiger partial charge in [-0.05, 0) is 17.1 Å². The molecule has 0 saturated heterocycles. The summed E-state index contributed by atoms with van der Waals surface area (Å²) >= 11 is 1.42. The number of carbonyl (C=O) groups excluding carboxylic acids is 2. The summed E-state index contributed by atoms with van der Waals surface area (Å²) in [6.07, 6.45) is 3.25. The SMILES string of the molecule is COC(=O)C(NC(=O)/C=C/SC)C(C)(C)C. The Labute approximate surface area is 101 Å². The average Bonchev–Trinajstić information content (AvgIpc) is 2.20. The van der Waals surface area contributed by atoms with Crippen molar-refractivity contribution in [2.45, 2.75) is 26.8 Å². The van der Waals surface area contributed by atoms with Crippen LogP contribution in [-0.2, 0) is 14.3 Å². The van der Waals surface area contributed by atoms with Crippen LogP contribution >= 0.6 is 11.8 Å². The predicted octanol–water partition coefficient (Wildman–Crippen LogP) is 1.57. The number of nitrogens with one attached hydrogen (secondary N) is 1. The number of rotatable bonds is 4. The average molecular weight is 245 g/mol. The van der Waals surface area contributed by atoms with Gasteiger partial charge in [-0.25, -0.2) is 4.79 Å². The van der Waals surface area contributed by atoms with E-state index in [9.17, 15) is 9.59 Å². The lowest BCUT2D eigenvalue weighted by atomic mass is 9.86. The van der Waals surface area contributed by atoms with Crippen LogP contribution < -0.4 is 5.32 Å². The molecular formula is C11H19NO3S. The largest absolute Gasteiger partial charge is 0.467 e. The van der Waals surface area contributed by atoms with Crippen LogP contribution in [0.4, 0.5) is 0 Å². The number of carbonyl (C=O) groups is 2. The number of hydrogen-bond donors (Lipinski definition) is 1. The molecule has 0 fully saturated rings. The van der Waals surface area contributed by atoms with E-state index in [2.05, 4.69) is 10.1 Å². The molecule has 1 atom stereocenters. The molecule has 0 aromatic heterocycles. The van der Waals surface area contributed by atoms with Crippen molar-refractivity contribution < 1.29 is 14.3 Å². The Bertz CT molecular complexity index is 281. The topological polar surface area (TPSA) is 55.4 Å². The first-order chi connectivity index (χ1) is 7.32. The molecule has 0 aliphatic heterocycles. The summed E-state index contributed by atoms with van der Waals surface area (Å²) in [7, 11) is 1.31. The Kier molecular flexibility index (Phi) is 6.18. The molecule has 1 unspecified atom stereocenters. The first-order valence-electron chi connectivity index (χ1n) is 4.90. The Morgan fingerprint density at radius 3 is 2.31 bits per heavy atom. The third-order valence-electron chi connectivity index (χ3n) is 1.95. The maximum Gasteiger partial charge on any atom is 0.328 e. The van der Waals surface area contributed by atoms with Crippen LogP contribution in [0, 0.1) is 5.41 Å². The number of amides is 1. The third-order valence-corrected chi connectivity index (χ3v) is 2.35. The molecule has 92 valence electrons. The summed E-state index contributed by atoms with van der Waals surface area (Å²) in [5, 5.41) is 4.29. The molecule has 0 saturated carbocycles. The van der Waals surface area contributed by atoms with E-state index in [0.29, 0.717) is 0 Å². The molecular weight excluding hydrogens is 226 g/mol. The number of hydrogen-bond acceptors (Lipinski definition) is 4. The fourth-order valence-electron chi connectivity index (χ4n) is 1.07. The van der Waals surface area contributed by atoms with Crippen LogP contribution in [0.3, 0.4) is 0 Å². The van der Waals surface area contributed by atoms with Crippen molar-refractivity contribution in [3.63, 3.8) is 0 Å². The van der Waals surface area contributed by atoms with Gasteiger partial charge in [-0.15, -0.1) is 11.8 Å². The summed E-state index contributed by atoms with van der Waals surface area (Å²) in [5.41, 5.74) is -0.379. The molecule has 0 heterocycles. The molecule has 0 aliphatic rings. The van der Waals surface area contributed by atoms with Crippen molar-refractivity contribution in [1.29, 1.82) is 0 Å². The van der Waals surface area contributed by atoms with Crippen molar-refractivity contribution in [3.8, 4) is 0 Å². The molecule has 1 amide bonds. The molecule has 0 aromatic rings. The second kappa shape index (κ2) is 6.58. The lowest BCUT2D eigenvalue weighted by molar-refractivity contribution is -0.147. The molecule has 1 N–H and O–H groups in total. The van der Waals surface area contributed by atoms with E-state index in [4.69, 9.17) is 0 Å². The van der Waals surface area contributed by atoms with Crippen LogP contribution in [-0.4, -0.2) is 31.3 Å². The molecule has 0 aliphatic carbocycles. The highest BCUT2D eigenvalue weighted by molar-refractivity contribution is 8.01. The van der Waals surface area contributed by atoms with Crippen LogP contribution in [0.5, 0.6) is 0 Å². The lowest BCUT2D eigenvalue weighted by Crippen LogP contribution is -2.49. The fraction of sp³-hybridized carbons (Fsp3) is 0.636. The molecule has 16 heavy (non-hydrogen) atoms. The van der Waals surface area contributed by atoms with Gasteiger partial charge in [-0.3, -0.25) is 4.79 Å². The minimum Gasteiger partial charge on any atom is -0.467 e. The normalized spacial score (nSPS) is 13.6. The number of methoxy groups -OCH3 is 1. The predicted molar refractivity (Wildman–Crippen MR) is 66.1 cm³/mol. The monoisotopic (exact) mass is 245 g/mol. The smallest absolute Gasteiger partial charge is 0.328 e. The zero-order valence-electron chi connectivity index (χ0n) is 10.4. The summed E-state index contributed by atoms with van der Waals surface area (Å²) in [6, 6.07) is -0.642. The van der Waals surface area contributed by atoms with Gasteiger partial charge in [-0.2, -0.15) is 0 Å². The van der Waals surface area contributed by atoms with Crippen molar-refractivity contribution in [2.24, 2.45) is 5.41 Å². The van der Waals surface area contributed by atoms with Gasteiger partial charge < -0.3 is 10.1 Å². The van der Waals surface area contributed by atoms with Gasteiger partial charge in [0.2, 0.25) is 5.91 Å². The first kappa shape index (κ1) is 15.0. The molecule has 0 radical (unpaired) electrons. The summed E-state index contributed by atoms with van der Waals surface area (Å²) in [6.45, 7) is 5.60. The van der Waals surface area contributed by atoms with E-state index < -0.39 is 12.0 Å². The minimum atomic E-state index is -0.642. The van der Waals surface area contributed by atoms with E-state index in [1.165, 1.54) is 24.9 Å². The molecule has 0 spiro atoms. The van der Waals surface area contributed by atoms with Crippen LogP contribution in [0.25, 0.3) is 0 Å². The second-order valence-electron chi connectivity index (χ2n) is 4.37. The lowest BCUT2D eigenvalue weighted by Gasteiger charge is -2.28. The standard InChI is InChI=1S/C11H19NO3S/c1-11(2,3)9(10(14)15-4)12-8(13)6-7-16-5/h6-7,9H,1-5H3,(H,12,13)/b7-6+. The van der Waals surface area contributed by atoms with E-state index in [-0.39, 0.29) is 11.3 Å². The minimum absolute atomic E-state index is 0.292. The maximum absolute atomic E-state index is 11.5. The van der Waals surface area contributed by atoms with Gasteiger partial charge in [0.25, 0.3) is 0 Å². The van der Waals surface area contributed by atoms with Gasteiger partial charge in [-0.1, -0.05) is 20.8 Å². The van der Waals surface area contributed by atoms with Gasteiger partial charge >= 0.3 is 5.97 Å². The van der Waals surface area contributed by atoms with E-state index in [1.807, 2.05) is 27.0 Å². The highest BCUT2D eigenvalue weighted by atomic mass is 32.2. The van der Waals surface area contributed by atoms with E-state index in [0.717, 1.165) is 0 Å². The van der Waals surface area contributed by atoms with Gasteiger partial charge in [0.1, 0.15) is 6.04 Å². The zero-order valence-corrected chi connectivity index (χ0v) is 11.2. The molecule has 0 bridgehead atoms. The Hall–Kier alpha value is -0.970. The van der Waals surface area contributed by atoms with Crippen molar-refractivity contribution in [2.75, 3.05) is 13.4 Å². The highest BCUT2D eigenvalue weighted by Crippen LogP contribution is 2.20. The number of thioether (sulfide) groups is 1. The van der Waals surface area contributed by atoms with Crippen LogP contribution in [0.15, 0.2) is 11.5 Å². The Morgan fingerprint density at radius 2 is 1.94 bits per heavy atom. The maximum atomic E-state index is 11.5. The summed E-state index contributed by atoms with van der Waals surface area (Å²) < 4.78 is 4.66. The van der Waals surface area contributed by atoms with Gasteiger partial charge in [0.15, 0.2) is 0 Å². The zero-order chi connectivity index (χ0) is 12.8. The fourth-order valence-corrected chi connectivity index (χ4v) is 1.33. The van der Waals surface area contributed by atoms with Crippen LogP contribution in [0.1, 0.15) is 20.8 Å². The molecule has 4 nitrogen and oxygen atoms in total. The highest BCUT2D eigenvalue weighted by Gasteiger charge is 2.33. The second-order valence-corrected chi connectivity index (χ2v) is 5.11. The van der Waals surface area contributed by atoms with E-state index >= 15 is 0 Å². The number of ether oxygens (including phenoxy) is 1. The Balaban J connectivity index is 4.63. The van der Waals surface area contributed by atoms with Gasteiger partial charge in [0.05, 0.1) is 7.11 Å². The number of esters is 1. The Morgan fingerprint density at radius 1 is 1.38 bits per heavy atom. The van der Waals surface area contributed by atoms with Crippen molar-refractivity contribution in [3.05, 3.63) is 11.5 Å². The molecule has 0 aromatic carbocycles. The molecule has 0 rings (SSSR count). The van der Waals surface area contributed by atoms with E-state index in [1.54, 1.807) is 5.41 Å². The quantitative estimate of drug-likeness (QED) is 0.603. The van der Waals surface area contributed by atoms with Crippen molar-refractivity contribution in [1.82, 2.24) is 5.32 Å². The van der Waals surface area contributed by atoms with Gasteiger partial charge in [0, 0.05) is 6.08 Å². The van der Waals surface area contributed by atoms with Crippen LogP contribution in [0.2, 0.25) is 0 Å². The van der Waals surface area contributed by atoms with Crippen molar-refractivity contribution >= 4 is 23.6 Å². The summed E-state index contributed by atoms with van der Waals surface area (Å²) in [4.78, 5) is 23.0.